The number of hydrogen-bond donors (Lipinski definition) is 1. The molecule has 1 aliphatic rings. The highest BCUT2D eigenvalue weighted by atomic mass is 35.5. The first kappa shape index (κ1) is 15.7. The number of ether oxygens (including phenoxy) is 1. The van der Waals surface area contributed by atoms with Crippen LogP contribution in [0.15, 0.2) is 0 Å². The first-order chi connectivity index (χ1) is 6.90. The molecule has 1 unspecified atom stereocenters. The second kappa shape index (κ2) is 6.42. The van der Waals surface area contributed by atoms with Gasteiger partial charge in [-0.15, -0.1) is 12.4 Å². The highest BCUT2D eigenvalue weighted by Crippen LogP contribution is 2.14. The van der Waals surface area contributed by atoms with Gasteiger partial charge in [-0.05, 0) is 5.41 Å². The smallest absolute Gasteiger partial charge is 0.241 e. The van der Waals surface area contributed by atoms with E-state index >= 15 is 0 Å². The van der Waals surface area contributed by atoms with Crippen molar-refractivity contribution in [3.63, 3.8) is 0 Å². The first-order valence-corrected chi connectivity index (χ1v) is 5.46. The molecular formula is C11H23ClN2O2. The number of amides is 1. The fourth-order valence-electron chi connectivity index (χ4n) is 1.78. The van der Waals surface area contributed by atoms with Gasteiger partial charge in [0.2, 0.25) is 5.91 Å². The molecule has 0 aromatic carbocycles. The Hall–Kier alpha value is -0.320. The van der Waals surface area contributed by atoms with E-state index < -0.39 is 0 Å². The van der Waals surface area contributed by atoms with Crippen LogP contribution >= 0.6 is 12.4 Å². The molecular weight excluding hydrogens is 228 g/mol. The maximum absolute atomic E-state index is 12.0. The summed E-state index contributed by atoms with van der Waals surface area (Å²) in [6.07, 6.45) is 0. The summed E-state index contributed by atoms with van der Waals surface area (Å²) in [5, 5.41) is 3.17. The molecule has 1 aliphatic heterocycles. The van der Waals surface area contributed by atoms with E-state index in [9.17, 15) is 4.79 Å². The number of nitrogens with zero attached hydrogens (tertiary/aromatic N) is 1. The molecule has 1 N–H and O–H groups in total. The van der Waals surface area contributed by atoms with E-state index in [2.05, 4.69) is 26.1 Å². The summed E-state index contributed by atoms with van der Waals surface area (Å²) >= 11 is 0. The molecule has 1 amide bonds. The molecule has 1 fully saturated rings. The second-order valence-corrected chi connectivity index (χ2v) is 5.34. The summed E-state index contributed by atoms with van der Waals surface area (Å²) in [5.41, 5.74) is 0.139. The summed E-state index contributed by atoms with van der Waals surface area (Å²) in [7, 11) is 1.85. The number of rotatable bonds is 2. The summed E-state index contributed by atoms with van der Waals surface area (Å²) in [6.45, 7) is 9.11. The molecule has 0 spiro atoms. The van der Waals surface area contributed by atoms with Crippen LogP contribution < -0.4 is 5.32 Å². The predicted molar refractivity (Wildman–Crippen MR) is 66.9 cm³/mol. The third-order valence-corrected chi connectivity index (χ3v) is 2.31. The average molecular weight is 251 g/mol. The quantitative estimate of drug-likeness (QED) is 0.792. The molecule has 16 heavy (non-hydrogen) atoms. The third kappa shape index (κ3) is 5.14. The van der Waals surface area contributed by atoms with Gasteiger partial charge < -0.3 is 15.0 Å². The number of hydrogen-bond acceptors (Lipinski definition) is 3. The van der Waals surface area contributed by atoms with Crippen LogP contribution in [0.1, 0.15) is 20.8 Å². The Labute approximate surface area is 104 Å². The molecule has 1 atom stereocenters. The number of carbonyl (C=O) groups excluding carboxylic acids is 1. The maximum atomic E-state index is 12.0. The summed E-state index contributed by atoms with van der Waals surface area (Å²) < 4.78 is 5.27. The molecule has 0 aromatic heterocycles. The van der Waals surface area contributed by atoms with Crippen LogP contribution in [0.5, 0.6) is 0 Å². The van der Waals surface area contributed by atoms with Crippen LogP contribution in [0, 0.1) is 5.41 Å². The lowest BCUT2D eigenvalue weighted by Crippen LogP contribution is -2.52. The Bertz CT molecular complexity index is 223. The van der Waals surface area contributed by atoms with Crippen LogP contribution in [0.2, 0.25) is 0 Å². The van der Waals surface area contributed by atoms with E-state index in [1.54, 1.807) is 4.90 Å². The van der Waals surface area contributed by atoms with E-state index in [4.69, 9.17) is 4.74 Å². The molecule has 96 valence electrons. The van der Waals surface area contributed by atoms with E-state index in [1.165, 1.54) is 0 Å². The number of carbonyl (C=O) groups is 1. The molecule has 0 radical (unpaired) electrons. The highest BCUT2D eigenvalue weighted by molar-refractivity contribution is 5.85. The van der Waals surface area contributed by atoms with Crippen molar-refractivity contribution in [2.75, 3.05) is 33.4 Å². The molecule has 0 aliphatic carbocycles. The standard InChI is InChI=1S/C11H22N2O2.ClH/c1-11(2,3)8-13(4)10(14)9-7-15-6-5-12-9;/h9,12H,5-8H2,1-4H3;1H. The zero-order chi connectivity index (χ0) is 11.5. The van der Waals surface area contributed by atoms with Crippen LogP contribution in [0.25, 0.3) is 0 Å². The predicted octanol–water partition coefficient (Wildman–Crippen LogP) is 0.901. The first-order valence-electron chi connectivity index (χ1n) is 5.46. The largest absolute Gasteiger partial charge is 0.378 e. The van der Waals surface area contributed by atoms with E-state index in [1.807, 2.05) is 7.05 Å². The number of halogens is 1. The van der Waals surface area contributed by atoms with Crippen LogP contribution in [0.4, 0.5) is 0 Å². The van der Waals surface area contributed by atoms with Crippen molar-refractivity contribution in [3.8, 4) is 0 Å². The van der Waals surface area contributed by atoms with Gasteiger partial charge >= 0.3 is 0 Å². The van der Waals surface area contributed by atoms with Gasteiger partial charge in [-0.3, -0.25) is 4.79 Å². The molecule has 0 saturated carbocycles. The van der Waals surface area contributed by atoms with E-state index in [0.29, 0.717) is 13.2 Å². The minimum Gasteiger partial charge on any atom is -0.378 e. The zero-order valence-corrected chi connectivity index (χ0v) is 11.4. The molecule has 1 saturated heterocycles. The SMILES string of the molecule is CN(CC(C)(C)C)C(=O)C1COCCN1.Cl. The molecule has 0 bridgehead atoms. The average Bonchev–Trinajstić information content (AvgIpc) is 2.15. The number of morpholine rings is 1. The summed E-state index contributed by atoms with van der Waals surface area (Å²) in [5.74, 6) is 0.129. The van der Waals surface area contributed by atoms with Crippen LogP contribution in [0.3, 0.4) is 0 Å². The number of nitrogens with one attached hydrogen (secondary N) is 1. The zero-order valence-electron chi connectivity index (χ0n) is 10.6. The Morgan fingerprint density at radius 3 is 2.56 bits per heavy atom. The minimum absolute atomic E-state index is 0. The van der Waals surface area contributed by atoms with E-state index in [0.717, 1.165) is 13.1 Å². The van der Waals surface area contributed by atoms with Gasteiger partial charge in [-0.1, -0.05) is 20.8 Å². The lowest BCUT2D eigenvalue weighted by molar-refractivity contribution is -0.136. The topological polar surface area (TPSA) is 41.6 Å². The Kier molecular flexibility index (Phi) is 6.30. The number of likely N-dealkylation sites (N-methyl/N-ethyl adjacent to an activating group) is 1. The minimum atomic E-state index is -0.161. The van der Waals surface area contributed by atoms with Gasteiger partial charge in [0.25, 0.3) is 0 Å². The lowest BCUT2D eigenvalue weighted by Gasteiger charge is -2.31. The van der Waals surface area contributed by atoms with Crippen molar-refractivity contribution in [1.82, 2.24) is 10.2 Å². The maximum Gasteiger partial charge on any atom is 0.241 e. The van der Waals surface area contributed by atoms with Gasteiger partial charge in [0, 0.05) is 20.1 Å². The normalized spacial score (nSPS) is 21.1. The van der Waals surface area contributed by atoms with Crippen LogP contribution in [-0.2, 0) is 9.53 Å². The monoisotopic (exact) mass is 250 g/mol. The Balaban J connectivity index is 0.00000225. The van der Waals surface area contributed by atoms with Crippen molar-refractivity contribution in [2.24, 2.45) is 5.41 Å². The van der Waals surface area contributed by atoms with Crippen molar-refractivity contribution in [3.05, 3.63) is 0 Å². The lowest BCUT2D eigenvalue weighted by atomic mass is 9.96. The van der Waals surface area contributed by atoms with Crippen molar-refractivity contribution in [1.29, 1.82) is 0 Å². The van der Waals surface area contributed by atoms with Crippen molar-refractivity contribution in [2.45, 2.75) is 26.8 Å². The Morgan fingerprint density at radius 2 is 2.12 bits per heavy atom. The molecule has 0 aromatic rings. The van der Waals surface area contributed by atoms with Gasteiger partial charge in [-0.2, -0.15) is 0 Å². The van der Waals surface area contributed by atoms with Gasteiger partial charge in [0.05, 0.1) is 13.2 Å². The van der Waals surface area contributed by atoms with Gasteiger partial charge in [-0.25, -0.2) is 0 Å². The second-order valence-electron chi connectivity index (χ2n) is 5.34. The van der Waals surface area contributed by atoms with E-state index in [-0.39, 0.29) is 29.8 Å². The fourth-order valence-corrected chi connectivity index (χ4v) is 1.78. The Morgan fingerprint density at radius 1 is 1.50 bits per heavy atom. The highest BCUT2D eigenvalue weighted by Gasteiger charge is 2.26. The van der Waals surface area contributed by atoms with Crippen molar-refractivity contribution < 1.29 is 9.53 Å². The summed E-state index contributed by atoms with van der Waals surface area (Å²) in [4.78, 5) is 13.7. The molecule has 1 heterocycles. The van der Waals surface area contributed by atoms with Crippen LogP contribution in [-0.4, -0.2) is 50.2 Å². The van der Waals surface area contributed by atoms with Gasteiger partial charge in [0.1, 0.15) is 6.04 Å². The fraction of sp³-hybridized carbons (Fsp3) is 0.909. The molecule has 4 nitrogen and oxygen atoms in total. The third-order valence-electron chi connectivity index (χ3n) is 2.31. The van der Waals surface area contributed by atoms with Gasteiger partial charge in [0.15, 0.2) is 0 Å². The molecule has 5 heteroatoms. The van der Waals surface area contributed by atoms with Crippen molar-refractivity contribution >= 4 is 18.3 Å². The summed E-state index contributed by atoms with van der Waals surface area (Å²) in [6, 6.07) is -0.161. The molecule has 1 rings (SSSR count).